The first kappa shape index (κ1) is 29.2. The van der Waals surface area contributed by atoms with E-state index in [1.54, 1.807) is 30.3 Å². The van der Waals surface area contributed by atoms with E-state index in [0.29, 0.717) is 10.7 Å². The van der Waals surface area contributed by atoms with Gasteiger partial charge in [-0.2, -0.15) is 18.3 Å². The number of rotatable bonds is 6. The topological polar surface area (TPSA) is 79.0 Å². The number of amides is 2. The third-order valence-electron chi connectivity index (χ3n) is 6.81. The van der Waals surface area contributed by atoms with Gasteiger partial charge in [0.2, 0.25) is 0 Å². The van der Waals surface area contributed by atoms with Crippen LogP contribution >= 0.6 is 23.5 Å². The molecule has 0 bridgehead atoms. The van der Waals surface area contributed by atoms with Gasteiger partial charge in [-0.3, -0.25) is 10.1 Å². The summed E-state index contributed by atoms with van der Waals surface area (Å²) in [6.07, 6.45) is -4.58. The lowest BCUT2D eigenvalue weighted by Gasteiger charge is -2.29. The number of carbonyl (C=O) groups is 1. The van der Waals surface area contributed by atoms with Crippen molar-refractivity contribution in [1.82, 2.24) is 5.01 Å². The van der Waals surface area contributed by atoms with Gasteiger partial charge in [0.1, 0.15) is 4.90 Å². The van der Waals surface area contributed by atoms with Crippen LogP contribution in [0.2, 0.25) is 5.02 Å². The lowest BCUT2D eigenvalue weighted by molar-refractivity contribution is -0.387. The SMILES string of the molecule is CC1(c2ccccc2)CN(C(=O)N(Sc2ccccc2[N+](=O)[O-])c2ccc(C(F)(F)F)cc2)N=C1c1ccc(Cl)cc1. The smallest absolute Gasteiger partial charge is 0.258 e. The van der Waals surface area contributed by atoms with Gasteiger partial charge in [-0.15, -0.1) is 0 Å². The fourth-order valence-corrected chi connectivity index (χ4v) is 5.74. The van der Waals surface area contributed by atoms with E-state index in [4.69, 9.17) is 16.7 Å². The molecule has 1 atom stereocenters. The average Bonchev–Trinajstić information content (AvgIpc) is 3.34. The second-order valence-electron chi connectivity index (χ2n) is 9.65. The number of benzene rings is 4. The van der Waals surface area contributed by atoms with E-state index in [0.717, 1.165) is 51.6 Å². The minimum absolute atomic E-state index is 0.0905. The monoisotopic (exact) mass is 610 g/mol. The van der Waals surface area contributed by atoms with Crippen LogP contribution in [-0.4, -0.2) is 28.2 Å². The van der Waals surface area contributed by atoms with E-state index in [9.17, 15) is 28.1 Å². The Kier molecular flexibility index (Phi) is 7.98. The third-order valence-corrected chi connectivity index (χ3v) is 8.16. The van der Waals surface area contributed by atoms with Gasteiger partial charge in [0.05, 0.1) is 33.8 Å². The second kappa shape index (κ2) is 11.5. The third kappa shape index (κ3) is 5.83. The lowest BCUT2D eigenvalue weighted by Crippen LogP contribution is -2.41. The predicted molar refractivity (Wildman–Crippen MR) is 157 cm³/mol. The van der Waals surface area contributed by atoms with Crippen LogP contribution in [0.15, 0.2) is 113 Å². The molecule has 0 spiro atoms. The molecule has 12 heteroatoms. The van der Waals surface area contributed by atoms with Gasteiger partial charge in [-0.1, -0.05) is 66.2 Å². The van der Waals surface area contributed by atoms with Crippen LogP contribution in [0.5, 0.6) is 0 Å². The number of nitro groups is 1. The first-order chi connectivity index (χ1) is 20.0. The summed E-state index contributed by atoms with van der Waals surface area (Å²) in [5.41, 5.74) is 0.382. The fraction of sp³-hybridized carbons (Fsp3) is 0.133. The van der Waals surface area contributed by atoms with Gasteiger partial charge < -0.3 is 0 Å². The van der Waals surface area contributed by atoms with Gasteiger partial charge in [0.25, 0.3) is 5.69 Å². The normalized spacial score (nSPS) is 16.7. The molecule has 1 aliphatic rings. The van der Waals surface area contributed by atoms with Crippen LogP contribution < -0.4 is 4.31 Å². The summed E-state index contributed by atoms with van der Waals surface area (Å²) in [6.45, 7) is 2.04. The molecular weight excluding hydrogens is 589 g/mol. The number of hydrogen-bond donors (Lipinski definition) is 0. The number of para-hydroxylation sites is 1. The number of hydrazone groups is 1. The van der Waals surface area contributed by atoms with Gasteiger partial charge in [0.15, 0.2) is 0 Å². The Bertz CT molecular complexity index is 1650. The highest BCUT2D eigenvalue weighted by molar-refractivity contribution is 8.01. The van der Waals surface area contributed by atoms with Crippen LogP contribution in [0.4, 0.5) is 29.3 Å². The van der Waals surface area contributed by atoms with E-state index >= 15 is 0 Å². The van der Waals surface area contributed by atoms with E-state index in [2.05, 4.69) is 0 Å². The Morgan fingerprint density at radius 3 is 2.21 bits per heavy atom. The summed E-state index contributed by atoms with van der Waals surface area (Å²) >= 11 is 6.85. The van der Waals surface area contributed by atoms with Crippen molar-refractivity contribution in [3.63, 3.8) is 0 Å². The van der Waals surface area contributed by atoms with Crippen molar-refractivity contribution in [1.29, 1.82) is 0 Å². The summed E-state index contributed by atoms with van der Waals surface area (Å²) in [5, 5.41) is 18.2. The van der Waals surface area contributed by atoms with Crippen LogP contribution in [0.3, 0.4) is 0 Å². The molecule has 4 aromatic carbocycles. The lowest BCUT2D eigenvalue weighted by atomic mass is 9.76. The number of halogens is 4. The van der Waals surface area contributed by atoms with Crippen molar-refractivity contribution >= 4 is 46.7 Å². The molecule has 5 rings (SSSR count). The van der Waals surface area contributed by atoms with E-state index in [1.807, 2.05) is 37.3 Å². The summed E-state index contributed by atoms with van der Waals surface area (Å²) in [5.74, 6) is 0. The molecule has 1 heterocycles. The van der Waals surface area contributed by atoms with Gasteiger partial charge in [-0.25, -0.2) is 14.1 Å². The molecule has 0 N–H and O–H groups in total. The molecule has 0 saturated carbocycles. The Morgan fingerprint density at radius 1 is 0.976 bits per heavy atom. The van der Waals surface area contributed by atoms with Crippen molar-refractivity contribution in [2.75, 3.05) is 10.8 Å². The Hall–Kier alpha value is -4.35. The summed E-state index contributed by atoms with van der Waals surface area (Å²) < 4.78 is 41.0. The number of nitro benzene ring substituents is 1. The summed E-state index contributed by atoms with van der Waals surface area (Å²) in [7, 11) is 0. The number of hydrogen-bond acceptors (Lipinski definition) is 5. The van der Waals surface area contributed by atoms with Crippen LogP contribution in [-0.2, 0) is 11.6 Å². The highest BCUT2D eigenvalue weighted by Gasteiger charge is 2.44. The van der Waals surface area contributed by atoms with Gasteiger partial charge in [0, 0.05) is 23.0 Å². The Balaban J connectivity index is 1.59. The van der Waals surface area contributed by atoms with Crippen molar-refractivity contribution in [2.24, 2.45) is 5.10 Å². The van der Waals surface area contributed by atoms with E-state index in [1.165, 1.54) is 23.2 Å². The maximum atomic E-state index is 14.2. The molecular formula is C30H22ClF3N4O3S. The quantitative estimate of drug-likeness (QED) is 0.124. The molecule has 0 radical (unpaired) electrons. The van der Waals surface area contributed by atoms with Gasteiger partial charge >= 0.3 is 12.2 Å². The number of urea groups is 1. The summed E-state index contributed by atoms with van der Waals surface area (Å²) in [4.78, 5) is 25.4. The number of nitrogens with zero attached hydrogens (tertiary/aromatic N) is 4. The number of anilines is 1. The Morgan fingerprint density at radius 2 is 1.60 bits per heavy atom. The van der Waals surface area contributed by atoms with E-state index < -0.39 is 28.1 Å². The standard InChI is InChI=1S/C30H22ClF3N4O3S/c1-29(21-7-3-2-4-8-21)19-36(35-27(29)20-11-15-23(31)16-12-20)28(39)37(24-17-13-22(14-18-24)30(32,33)34)42-26-10-6-5-9-25(26)38(40)41/h2-18H,19H2,1H3. The van der Waals surface area contributed by atoms with Crippen molar-refractivity contribution in [3.05, 3.63) is 135 Å². The molecule has 4 aromatic rings. The number of alkyl halides is 3. The zero-order chi connectivity index (χ0) is 30.1. The van der Waals surface area contributed by atoms with E-state index in [-0.39, 0.29) is 22.8 Å². The molecule has 214 valence electrons. The van der Waals surface area contributed by atoms with Crippen molar-refractivity contribution < 1.29 is 22.9 Å². The highest BCUT2D eigenvalue weighted by atomic mass is 35.5. The van der Waals surface area contributed by atoms with Crippen molar-refractivity contribution in [3.8, 4) is 0 Å². The maximum Gasteiger partial charge on any atom is 0.416 e. The summed E-state index contributed by atoms with van der Waals surface area (Å²) in [6, 6.07) is 25.7. The van der Waals surface area contributed by atoms with Crippen LogP contribution in [0.1, 0.15) is 23.6 Å². The Labute approximate surface area is 248 Å². The molecule has 7 nitrogen and oxygen atoms in total. The molecule has 0 fully saturated rings. The predicted octanol–water partition coefficient (Wildman–Crippen LogP) is 8.58. The first-order valence-electron chi connectivity index (χ1n) is 12.6. The first-order valence-corrected chi connectivity index (χ1v) is 13.7. The molecule has 42 heavy (non-hydrogen) atoms. The molecule has 1 unspecified atom stereocenters. The molecule has 1 aliphatic heterocycles. The highest BCUT2D eigenvalue weighted by Crippen LogP contribution is 2.40. The molecule has 0 saturated heterocycles. The molecule has 2 amide bonds. The minimum Gasteiger partial charge on any atom is -0.258 e. The molecule has 0 aromatic heterocycles. The average molecular weight is 611 g/mol. The number of carbonyl (C=O) groups excluding carboxylic acids is 1. The zero-order valence-electron chi connectivity index (χ0n) is 22.0. The van der Waals surface area contributed by atoms with Crippen LogP contribution in [0.25, 0.3) is 0 Å². The van der Waals surface area contributed by atoms with Crippen molar-refractivity contribution in [2.45, 2.75) is 23.4 Å². The van der Waals surface area contributed by atoms with Gasteiger partial charge in [-0.05, 0) is 60.5 Å². The minimum atomic E-state index is -4.58. The molecule has 0 aliphatic carbocycles. The largest absolute Gasteiger partial charge is 0.416 e. The fourth-order valence-electron chi connectivity index (χ4n) is 4.65. The zero-order valence-corrected chi connectivity index (χ0v) is 23.5. The van der Waals surface area contributed by atoms with Crippen LogP contribution in [0, 0.1) is 10.1 Å². The second-order valence-corrected chi connectivity index (χ2v) is 11.1. The maximum absolute atomic E-state index is 14.2.